The second-order valence-corrected chi connectivity index (χ2v) is 8.06. The Morgan fingerprint density at radius 1 is 1.38 bits per heavy atom. The molecule has 0 aliphatic heterocycles. The number of hydrogen-bond acceptors (Lipinski definition) is 4. The summed E-state index contributed by atoms with van der Waals surface area (Å²) in [6, 6.07) is 3.21. The predicted octanol–water partition coefficient (Wildman–Crippen LogP) is 2.75. The molecule has 1 rings (SSSR count). The predicted molar refractivity (Wildman–Crippen MR) is 84.5 cm³/mol. The summed E-state index contributed by atoms with van der Waals surface area (Å²) in [7, 11) is -1.98. The van der Waals surface area contributed by atoms with Crippen LogP contribution in [0.3, 0.4) is 0 Å². The Kier molecular flexibility index (Phi) is 6.19. The van der Waals surface area contributed by atoms with Gasteiger partial charge in [-0.2, -0.15) is 4.31 Å². The third-order valence-corrected chi connectivity index (χ3v) is 4.71. The molecule has 0 unspecified atom stereocenters. The van der Waals surface area contributed by atoms with Crippen molar-refractivity contribution in [2.75, 3.05) is 13.6 Å². The first-order chi connectivity index (χ1) is 9.66. The van der Waals surface area contributed by atoms with Crippen LogP contribution in [0.2, 0.25) is 0 Å². The van der Waals surface area contributed by atoms with Crippen molar-refractivity contribution < 1.29 is 12.8 Å². The lowest BCUT2D eigenvalue weighted by Gasteiger charge is -2.19. The maximum absolute atomic E-state index is 12.3. The van der Waals surface area contributed by atoms with Crippen LogP contribution in [-0.4, -0.2) is 31.9 Å². The number of rotatable bonds is 8. The number of allylic oxidation sites excluding steroid dienone is 1. The van der Waals surface area contributed by atoms with E-state index in [2.05, 4.69) is 11.9 Å². The normalized spacial score (nSPS) is 12.8. The van der Waals surface area contributed by atoms with Gasteiger partial charge in [0, 0.05) is 19.1 Å². The molecular weight excluding hydrogens is 288 g/mol. The lowest BCUT2D eigenvalue weighted by Crippen LogP contribution is -2.34. The summed E-state index contributed by atoms with van der Waals surface area (Å²) in [4.78, 5) is 0. The first-order valence-electron chi connectivity index (χ1n) is 7.08. The highest BCUT2D eigenvalue weighted by molar-refractivity contribution is 7.89. The molecule has 0 aromatic carbocycles. The SMILES string of the molecule is C=CCCCN(C)S(=O)(=O)c1ccc(CNC(C)(C)C)o1. The van der Waals surface area contributed by atoms with E-state index in [1.807, 2.05) is 20.8 Å². The summed E-state index contributed by atoms with van der Waals surface area (Å²) >= 11 is 0. The van der Waals surface area contributed by atoms with Crippen LogP contribution in [0.4, 0.5) is 0 Å². The van der Waals surface area contributed by atoms with Gasteiger partial charge in [0.2, 0.25) is 5.09 Å². The number of sulfonamides is 1. The molecule has 0 radical (unpaired) electrons. The fraction of sp³-hybridized carbons (Fsp3) is 0.600. The van der Waals surface area contributed by atoms with Crippen LogP contribution in [-0.2, 0) is 16.6 Å². The Bertz CT molecular complexity index is 556. The Morgan fingerprint density at radius 3 is 2.62 bits per heavy atom. The van der Waals surface area contributed by atoms with Crippen molar-refractivity contribution in [2.45, 2.75) is 50.8 Å². The fourth-order valence-electron chi connectivity index (χ4n) is 1.68. The molecule has 21 heavy (non-hydrogen) atoms. The highest BCUT2D eigenvalue weighted by Gasteiger charge is 2.24. The van der Waals surface area contributed by atoms with Crippen LogP contribution in [0.5, 0.6) is 0 Å². The maximum atomic E-state index is 12.3. The topological polar surface area (TPSA) is 62.6 Å². The molecular formula is C15H26N2O3S. The molecule has 0 fully saturated rings. The van der Waals surface area contributed by atoms with Gasteiger partial charge in [0.1, 0.15) is 5.76 Å². The Labute approximate surface area is 128 Å². The quantitative estimate of drug-likeness (QED) is 0.592. The molecule has 0 aliphatic rings. The maximum Gasteiger partial charge on any atom is 0.276 e. The van der Waals surface area contributed by atoms with Crippen LogP contribution in [0.1, 0.15) is 39.4 Å². The Balaban J connectivity index is 2.71. The summed E-state index contributed by atoms with van der Waals surface area (Å²) in [5, 5.41) is 3.26. The molecule has 0 saturated carbocycles. The zero-order valence-electron chi connectivity index (χ0n) is 13.3. The summed E-state index contributed by atoms with van der Waals surface area (Å²) in [6.07, 6.45) is 3.32. The zero-order chi connectivity index (χ0) is 16.1. The van der Waals surface area contributed by atoms with E-state index in [9.17, 15) is 8.42 Å². The fourth-order valence-corrected chi connectivity index (χ4v) is 2.81. The van der Waals surface area contributed by atoms with Gasteiger partial charge in [-0.1, -0.05) is 6.08 Å². The molecule has 1 aromatic rings. The third-order valence-electron chi connectivity index (χ3n) is 2.98. The van der Waals surface area contributed by atoms with E-state index in [1.54, 1.807) is 19.2 Å². The molecule has 0 spiro atoms. The van der Waals surface area contributed by atoms with Crippen molar-refractivity contribution in [3.05, 3.63) is 30.5 Å². The average Bonchev–Trinajstić information content (AvgIpc) is 2.85. The van der Waals surface area contributed by atoms with Crippen LogP contribution < -0.4 is 5.32 Å². The molecule has 0 bridgehead atoms. The lowest BCUT2D eigenvalue weighted by atomic mass is 10.1. The first-order valence-corrected chi connectivity index (χ1v) is 8.52. The van der Waals surface area contributed by atoms with E-state index < -0.39 is 10.0 Å². The van der Waals surface area contributed by atoms with Gasteiger partial charge in [-0.25, -0.2) is 8.42 Å². The van der Waals surface area contributed by atoms with E-state index in [0.29, 0.717) is 18.8 Å². The molecule has 0 saturated heterocycles. The summed E-state index contributed by atoms with van der Waals surface area (Å²) in [5.41, 5.74) is -0.0483. The largest absolute Gasteiger partial charge is 0.447 e. The molecule has 120 valence electrons. The van der Waals surface area contributed by atoms with E-state index in [-0.39, 0.29) is 10.6 Å². The molecule has 1 aromatic heterocycles. The van der Waals surface area contributed by atoms with Crippen LogP contribution >= 0.6 is 0 Å². The molecule has 1 heterocycles. The monoisotopic (exact) mass is 314 g/mol. The van der Waals surface area contributed by atoms with E-state index in [1.165, 1.54) is 10.4 Å². The minimum absolute atomic E-state index is 0.00527. The number of hydrogen-bond donors (Lipinski definition) is 1. The molecule has 5 nitrogen and oxygen atoms in total. The van der Waals surface area contributed by atoms with Crippen molar-refractivity contribution in [1.29, 1.82) is 0 Å². The van der Waals surface area contributed by atoms with Crippen molar-refractivity contribution in [2.24, 2.45) is 0 Å². The smallest absolute Gasteiger partial charge is 0.276 e. The van der Waals surface area contributed by atoms with Gasteiger partial charge in [0.15, 0.2) is 0 Å². The number of nitrogens with zero attached hydrogens (tertiary/aromatic N) is 1. The average molecular weight is 314 g/mol. The number of nitrogens with one attached hydrogen (secondary N) is 1. The van der Waals surface area contributed by atoms with Gasteiger partial charge >= 0.3 is 0 Å². The van der Waals surface area contributed by atoms with Crippen molar-refractivity contribution >= 4 is 10.0 Å². The van der Waals surface area contributed by atoms with Crippen molar-refractivity contribution in [3.63, 3.8) is 0 Å². The van der Waals surface area contributed by atoms with Crippen LogP contribution in [0, 0.1) is 0 Å². The molecule has 1 N–H and O–H groups in total. The van der Waals surface area contributed by atoms with Crippen LogP contribution in [0.15, 0.2) is 34.3 Å². The summed E-state index contributed by atoms with van der Waals surface area (Å²) in [6.45, 7) is 10.7. The molecule has 0 atom stereocenters. The van der Waals surface area contributed by atoms with E-state index in [0.717, 1.165) is 12.8 Å². The number of furan rings is 1. The molecule has 0 aliphatic carbocycles. The third kappa shape index (κ3) is 5.65. The highest BCUT2D eigenvalue weighted by Crippen LogP contribution is 2.18. The Morgan fingerprint density at radius 2 is 2.05 bits per heavy atom. The minimum Gasteiger partial charge on any atom is -0.447 e. The zero-order valence-corrected chi connectivity index (χ0v) is 14.2. The lowest BCUT2D eigenvalue weighted by molar-refractivity contribution is 0.351. The highest BCUT2D eigenvalue weighted by atomic mass is 32.2. The van der Waals surface area contributed by atoms with Gasteiger partial charge in [0.05, 0.1) is 6.54 Å². The molecule has 6 heteroatoms. The van der Waals surface area contributed by atoms with Crippen molar-refractivity contribution in [1.82, 2.24) is 9.62 Å². The van der Waals surface area contributed by atoms with Gasteiger partial charge < -0.3 is 9.73 Å². The summed E-state index contributed by atoms with van der Waals surface area (Å²) < 4.78 is 31.4. The minimum atomic E-state index is -3.55. The number of unbranched alkanes of at least 4 members (excludes halogenated alkanes) is 1. The second-order valence-electron chi connectivity index (χ2n) is 6.08. The van der Waals surface area contributed by atoms with Crippen molar-refractivity contribution in [3.8, 4) is 0 Å². The van der Waals surface area contributed by atoms with Gasteiger partial charge in [-0.15, -0.1) is 6.58 Å². The van der Waals surface area contributed by atoms with E-state index >= 15 is 0 Å². The van der Waals surface area contributed by atoms with E-state index in [4.69, 9.17) is 4.42 Å². The van der Waals surface area contributed by atoms with Gasteiger partial charge in [0.25, 0.3) is 10.0 Å². The molecule has 0 amide bonds. The standard InChI is InChI=1S/C15H26N2O3S/c1-6-7-8-11-17(5)21(18,19)14-10-9-13(20-14)12-16-15(2,3)4/h6,9-10,16H,1,7-8,11-12H2,2-5H3. The summed E-state index contributed by atoms with van der Waals surface area (Å²) in [5.74, 6) is 0.614. The second kappa shape index (κ2) is 7.24. The Hall–Kier alpha value is -1.11. The van der Waals surface area contributed by atoms with Gasteiger partial charge in [-0.05, 0) is 45.7 Å². The van der Waals surface area contributed by atoms with Gasteiger partial charge in [-0.3, -0.25) is 0 Å². The first kappa shape index (κ1) is 17.9. The van der Waals surface area contributed by atoms with Crippen LogP contribution in [0.25, 0.3) is 0 Å².